The van der Waals surface area contributed by atoms with Gasteiger partial charge in [-0.15, -0.1) is 10.2 Å². The molecule has 0 amide bonds. The van der Waals surface area contributed by atoms with Gasteiger partial charge in [-0.3, -0.25) is 0 Å². The van der Waals surface area contributed by atoms with Crippen LogP contribution in [-0.4, -0.2) is 10.2 Å². The normalized spacial score (nSPS) is 15.4. The number of hydrogen-bond donors (Lipinski definition) is 1. The lowest BCUT2D eigenvalue weighted by molar-refractivity contribution is 0.457. The number of rotatable bonds is 3. The van der Waals surface area contributed by atoms with Crippen molar-refractivity contribution in [2.45, 2.75) is 26.3 Å². The summed E-state index contributed by atoms with van der Waals surface area (Å²) in [6, 6.07) is 0. The summed E-state index contributed by atoms with van der Waals surface area (Å²) in [6.07, 6.45) is 8.63. The molecule has 0 aromatic carbocycles. The van der Waals surface area contributed by atoms with E-state index in [1.54, 1.807) is 6.92 Å². The van der Waals surface area contributed by atoms with Gasteiger partial charge in [0, 0.05) is 12.6 Å². The van der Waals surface area contributed by atoms with Gasteiger partial charge >= 0.3 is 0 Å². The van der Waals surface area contributed by atoms with E-state index >= 15 is 0 Å². The molecular weight excluding hydrogens is 178 g/mol. The molecule has 1 aromatic rings. The summed E-state index contributed by atoms with van der Waals surface area (Å²) >= 11 is 0. The number of allylic oxidation sites excluding steroid dienone is 3. The first kappa shape index (κ1) is 8.99. The van der Waals surface area contributed by atoms with Crippen LogP contribution >= 0.6 is 0 Å². The minimum atomic E-state index is 0.594. The van der Waals surface area contributed by atoms with Crippen LogP contribution in [0.15, 0.2) is 28.3 Å². The molecule has 0 bridgehead atoms. The monoisotopic (exact) mass is 191 g/mol. The Morgan fingerprint density at radius 3 is 3.00 bits per heavy atom. The van der Waals surface area contributed by atoms with Crippen molar-refractivity contribution in [3.05, 3.63) is 35.7 Å². The SMILES string of the molecule is Cc1nnc(CNC2=CCCC=C2)o1. The quantitative estimate of drug-likeness (QED) is 0.790. The van der Waals surface area contributed by atoms with Crippen LogP contribution in [0, 0.1) is 6.92 Å². The minimum Gasteiger partial charge on any atom is -0.424 e. The van der Waals surface area contributed by atoms with Crippen LogP contribution < -0.4 is 5.32 Å². The maximum absolute atomic E-state index is 5.24. The average molecular weight is 191 g/mol. The zero-order valence-corrected chi connectivity index (χ0v) is 8.16. The maximum Gasteiger partial charge on any atom is 0.235 e. The van der Waals surface area contributed by atoms with Gasteiger partial charge < -0.3 is 9.73 Å². The van der Waals surface area contributed by atoms with E-state index < -0.39 is 0 Å². The molecular formula is C10H13N3O. The molecule has 0 radical (unpaired) electrons. The van der Waals surface area contributed by atoms with Crippen LogP contribution in [0.3, 0.4) is 0 Å². The summed E-state index contributed by atoms with van der Waals surface area (Å²) in [6.45, 7) is 2.38. The maximum atomic E-state index is 5.24. The number of aryl methyl sites for hydroxylation is 1. The molecule has 0 unspecified atom stereocenters. The highest BCUT2D eigenvalue weighted by Gasteiger charge is 2.02. The number of aromatic nitrogens is 2. The van der Waals surface area contributed by atoms with E-state index in [1.165, 1.54) is 0 Å². The molecule has 0 saturated carbocycles. The zero-order chi connectivity index (χ0) is 9.80. The molecule has 0 fully saturated rings. The Labute approximate surface area is 82.7 Å². The summed E-state index contributed by atoms with van der Waals surface area (Å²) in [5, 5.41) is 10.9. The first-order valence-electron chi connectivity index (χ1n) is 4.74. The molecule has 2 rings (SSSR count). The van der Waals surface area contributed by atoms with Crippen molar-refractivity contribution in [3.8, 4) is 0 Å². The van der Waals surface area contributed by atoms with Crippen LogP contribution in [0.25, 0.3) is 0 Å². The number of hydrogen-bond acceptors (Lipinski definition) is 4. The topological polar surface area (TPSA) is 51.0 Å². The molecule has 1 heterocycles. The van der Waals surface area contributed by atoms with E-state index in [-0.39, 0.29) is 0 Å². The highest BCUT2D eigenvalue weighted by molar-refractivity contribution is 5.20. The number of nitrogens with one attached hydrogen (secondary N) is 1. The van der Waals surface area contributed by atoms with Crippen LogP contribution in [-0.2, 0) is 6.54 Å². The summed E-state index contributed by atoms with van der Waals surface area (Å²) in [5.41, 5.74) is 1.13. The molecule has 1 N–H and O–H groups in total. The fourth-order valence-corrected chi connectivity index (χ4v) is 1.33. The smallest absolute Gasteiger partial charge is 0.235 e. The molecule has 0 atom stereocenters. The minimum absolute atomic E-state index is 0.594. The van der Waals surface area contributed by atoms with Crippen molar-refractivity contribution in [1.29, 1.82) is 0 Å². The fourth-order valence-electron chi connectivity index (χ4n) is 1.33. The van der Waals surface area contributed by atoms with Crippen molar-refractivity contribution in [2.75, 3.05) is 0 Å². The first-order chi connectivity index (χ1) is 6.84. The van der Waals surface area contributed by atoms with E-state index in [0.717, 1.165) is 18.5 Å². The van der Waals surface area contributed by atoms with E-state index in [1.807, 2.05) is 0 Å². The Morgan fingerprint density at radius 1 is 1.43 bits per heavy atom. The summed E-state index contributed by atoms with van der Waals surface area (Å²) < 4.78 is 5.24. The van der Waals surface area contributed by atoms with Crippen LogP contribution in [0.5, 0.6) is 0 Å². The van der Waals surface area contributed by atoms with Gasteiger partial charge in [-0.2, -0.15) is 0 Å². The second kappa shape index (κ2) is 4.09. The van der Waals surface area contributed by atoms with E-state index in [9.17, 15) is 0 Å². The van der Waals surface area contributed by atoms with Gasteiger partial charge in [0.05, 0.1) is 6.54 Å². The standard InChI is InChI=1S/C10H13N3O/c1-8-12-13-10(14-8)7-11-9-5-3-2-4-6-9/h3,5-6,11H,2,4,7H2,1H3. The van der Waals surface area contributed by atoms with Crippen molar-refractivity contribution in [2.24, 2.45) is 0 Å². The highest BCUT2D eigenvalue weighted by Crippen LogP contribution is 2.07. The summed E-state index contributed by atoms with van der Waals surface area (Å²) in [7, 11) is 0. The Bertz CT molecular complexity index is 365. The molecule has 0 aliphatic heterocycles. The molecule has 0 spiro atoms. The van der Waals surface area contributed by atoms with Gasteiger partial charge in [0.1, 0.15) is 0 Å². The molecule has 1 aromatic heterocycles. The molecule has 4 heteroatoms. The van der Waals surface area contributed by atoms with Crippen LogP contribution in [0.1, 0.15) is 24.6 Å². The Balaban J connectivity index is 1.88. The second-order valence-corrected chi connectivity index (χ2v) is 3.21. The van der Waals surface area contributed by atoms with Gasteiger partial charge in [0.25, 0.3) is 0 Å². The highest BCUT2D eigenvalue weighted by atomic mass is 16.4. The van der Waals surface area contributed by atoms with Crippen molar-refractivity contribution < 1.29 is 4.42 Å². The van der Waals surface area contributed by atoms with Crippen LogP contribution in [0.2, 0.25) is 0 Å². The lowest BCUT2D eigenvalue weighted by Gasteiger charge is -2.07. The van der Waals surface area contributed by atoms with Gasteiger partial charge in [-0.05, 0) is 18.9 Å². The number of nitrogens with zero attached hydrogens (tertiary/aromatic N) is 2. The largest absolute Gasteiger partial charge is 0.424 e. The summed E-state index contributed by atoms with van der Waals surface area (Å²) in [4.78, 5) is 0. The van der Waals surface area contributed by atoms with E-state index in [0.29, 0.717) is 18.3 Å². The Hall–Kier alpha value is -1.58. The van der Waals surface area contributed by atoms with Gasteiger partial charge in [0.2, 0.25) is 11.8 Å². The average Bonchev–Trinajstić information content (AvgIpc) is 2.63. The molecule has 0 saturated heterocycles. The predicted molar refractivity (Wildman–Crippen MR) is 52.3 cm³/mol. The molecule has 1 aliphatic rings. The predicted octanol–water partition coefficient (Wildman–Crippen LogP) is 1.70. The van der Waals surface area contributed by atoms with E-state index in [4.69, 9.17) is 4.42 Å². The Kier molecular flexibility index (Phi) is 2.62. The molecule has 1 aliphatic carbocycles. The van der Waals surface area contributed by atoms with Gasteiger partial charge in [0.15, 0.2) is 0 Å². The lowest BCUT2D eigenvalue weighted by Crippen LogP contribution is -2.12. The zero-order valence-electron chi connectivity index (χ0n) is 8.16. The molecule has 4 nitrogen and oxygen atoms in total. The molecule has 74 valence electrons. The van der Waals surface area contributed by atoms with Crippen LogP contribution in [0.4, 0.5) is 0 Å². The second-order valence-electron chi connectivity index (χ2n) is 3.21. The van der Waals surface area contributed by atoms with Crippen molar-refractivity contribution in [1.82, 2.24) is 15.5 Å². The third kappa shape index (κ3) is 2.22. The van der Waals surface area contributed by atoms with E-state index in [2.05, 4.69) is 33.7 Å². The summed E-state index contributed by atoms with van der Waals surface area (Å²) in [5.74, 6) is 1.23. The first-order valence-corrected chi connectivity index (χ1v) is 4.74. The lowest BCUT2D eigenvalue weighted by atomic mass is 10.1. The van der Waals surface area contributed by atoms with Gasteiger partial charge in [-0.25, -0.2) is 0 Å². The third-order valence-electron chi connectivity index (χ3n) is 2.01. The van der Waals surface area contributed by atoms with Gasteiger partial charge in [-0.1, -0.05) is 12.2 Å². The fraction of sp³-hybridized carbons (Fsp3) is 0.400. The van der Waals surface area contributed by atoms with Crippen molar-refractivity contribution >= 4 is 0 Å². The Morgan fingerprint density at radius 2 is 2.36 bits per heavy atom. The van der Waals surface area contributed by atoms with Crippen molar-refractivity contribution in [3.63, 3.8) is 0 Å². The molecule has 14 heavy (non-hydrogen) atoms. The third-order valence-corrected chi connectivity index (χ3v) is 2.01.